The maximum Gasteiger partial charge on any atom is 0.161 e. The van der Waals surface area contributed by atoms with Crippen LogP contribution in [0, 0.1) is 18.6 Å². The summed E-state index contributed by atoms with van der Waals surface area (Å²) in [5, 5.41) is 3.03. The highest BCUT2D eigenvalue weighted by molar-refractivity contribution is 5.37. The zero-order valence-corrected chi connectivity index (χ0v) is 13.1. The topological polar surface area (TPSA) is 27.6 Å². The summed E-state index contributed by atoms with van der Waals surface area (Å²) in [7, 11) is 0. The molecular weight excluding hydrogens is 296 g/mol. The zero-order valence-electron chi connectivity index (χ0n) is 13.1. The van der Waals surface area contributed by atoms with Gasteiger partial charge in [-0.2, -0.15) is 0 Å². The van der Waals surface area contributed by atoms with Crippen LogP contribution in [0.5, 0.6) is 0 Å². The van der Waals surface area contributed by atoms with E-state index in [1.165, 1.54) is 13.0 Å². The molecule has 120 valence electrons. The Kier molecular flexibility index (Phi) is 5.11. The molecule has 23 heavy (non-hydrogen) atoms. The molecule has 0 fully saturated rings. The van der Waals surface area contributed by atoms with Crippen LogP contribution < -0.4 is 5.32 Å². The highest BCUT2D eigenvalue weighted by Crippen LogP contribution is 2.20. The molecule has 0 bridgehead atoms. The molecule has 1 aromatic rings. The summed E-state index contributed by atoms with van der Waals surface area (Å²) in [6.07, 6.45) is 5.59. The Morgan fingerprint density at radius 2 is 2.04 bits per heavy atom. The second-order valence-electron chi connectivity index (χ2n) is 5.31. The SMILES string of the molecule is C=NC(=C)N(CC1=CC=CNC1=C)Cc1cc(C)c(F)c(F)c1. The molecule has 0 amide bonds. The number of aliphatic imine (C=N–C) groups is 1. The van der Waals surface area contributed by atoms with E-state index >= 15 is 0 Å². The summed E-state index contributed by atoms with van der Waals surface area (Å²) in [5.74, 6) is -1.22. The minimum absolute atomic E-state index is 0.267. The van der Waals surface area contributed by atoms with Crippen LogP contribution in [0.1, 0.15) is 11.1 Å². The van der Waals surface area contributed by atoms with Crippen LogP contribution in [0.25, 0.3) is 0 Å². The normalized spacial score (nSPS) is 13.3. The Balaban J connectivity index is 2.24. The monoisotopic (exact) mass is 315 g/mol. The predicted octanol–water partition coefficient (Wildman–Crippen LogP) is 3.80. The second kappa shape index (κ2) is 7.05. The quantitative estimate of drug-likeness (QED) is 0.809. The number of aryl methyl sites for hydroxylation is 1. The first-order valence-corrected chi connectivity index (χ1v) is 7.09. The summed E-state index contributed by atoms with van der Waals surface area (Å²) < 4.78 is 27.0. The summed E-state index contributed by atoms with van der Waals surface area (Å²) in [6, 6.07) is 2.80. The number of hydrogen-bond donors (Lipinski definition) is 1. The molecule has 1 aromatic carbocycles. The fraction of sp³-hybridized carbons (Fsp3) is 0.167. The molecule has 0 atom stereocenters. The van der Waals surface area contributed by atoms with Gasteiger partial charge in [0.1, 0.15) is 5.82 Å². The van der Waals surface area contributed by atoms with Crippen molar-refractivity contribution in [3.63, 3.8) is 0 Å². The molecule has 5 heteroatoms. The Morgan fingerprint density at radius 3 is 2.65 bits per heavy atom. The van der Waals surface area contributed by atoms with Crippen molar-refractivity contribution < 1.29 is 8.78 Å². The van der Waals surface area contributed by atoms with Crippen LogP contribution >= 0.6 is 0 Å². The van der Waals surface area contributed by atoms with Gasteiger partial charge < -0.3 is 10.2 Å². The smallest absolute Gasteiger partial charge is 0.161 e. The second-order valence-corrected chi connectivity index (χ2v) is 5.31. The molecule has 0 unspecified atom stereocenters. The van der Waals surface area contributed by atoms with Crippen LogP contribution in [0.15, 0.2) is 65.7 Å². The Hall–Kier alpha value is -2.69. The number of nitrogens with one attached hydrogen (secondary N) is 1. The van der Waals surface area contributed by atoms with Gasteiger partial charge in [0.2, 0.25) is 0 Å². The average molecular weight is 315 g/mol. The van der Waals surface area contributed by atoms with E-state index < -0.39 is 11.6 Å². The number of allylic oxidation sites excluding steroid dienone is 2. The number of rotatable bonds is 6. The third-order valence-electron chi connectivity index (χ3n) is 3.59. The lowest BCUT2D eigenvalue weighted by atomic mass is 10.1. The molecule has 0 saturated heterocycles. The average Bonchev–Trinajstić information content (AvgIpc) is 2.53. The lowest BCUT2D eigenvalue weighted by molar-refractivity contribution is 0.362. The molecule has 0 aromatic heterocycles. The van der Waals surface area contributed by atoms with Gasteiger partial charge in [-0.05, 0) is 42.5 Å². The number of nitrogens with zero attached hydrogens (tertiary/aromatic N) is 2. The first kappa shape index (κ1) is 16.7. The first-order chi connectivity index (χ1) is 10.9. The molecule has 1 heterocycles. The van der Waals surface area contributed by atoms with Gasteiger partial charge in [0.15, 0.2) is 11.6 Å². The van der Waals surface area contributed by atoms with E-state index in [1.807, 2.05) is 17.1 Å². The summed E-state index contributed by atoms with van der Waals surface area (Å²) in [6.45, 7) is 13.6. The minimum atomic E-state index is -0.858. The molecule has 2 rings (SSSR count). The standard InChI is InChI=1S/C18H19F2N3/c1-12-8-15(9-17(19)18(12)20)10-23(14(3)21-4)11-16-6-5-7-22-13(16)2/h5-9,22H,2-4,10-11H2,1H3. The maximum atomic E-state index is 13.6. The fourth-order valence-electron chi connectivity index (χ4n) is 2.31. The zero-order chi connectivity index (χ0) is 17.0. The maximum absolute atomic E-state index is 13.6. The molecule has 0 radical (unpaired) electrons. The third-order valence-corrected chi connectivity index (χ3v) is 3.59. The van der Waals surface area contributed by atoms with Gasteiger partial charge in [-0.3, -0.25) is 0 Å². The van der Waals surface area contributed by atoms with Crippen LogP contribution in [-0.4, -0.2) is 18.2 Å². The Morgan fingerprint density at radius 1 is 1.30 bits per heavy atom. The van der Waals surface area contributed by atoms with Crippen molar-refractivity contribution in [2.24, 2.45) is 4.99 Å². The highest BCUT2D eigenvalue weighted by atomic mass is 19.2. The Bertz CT molecular complexity index is 694. The van der Waals surface area contributed by atoms with E-state index in [0.717, 1.165) is 11.3 Å². The fourth-order valence-corrected chi connectivity index (χ4v) is 2.31. The van der Waals surface area contributed by atoms with Gasteiger partial charge in [0.05, 0.1) is 0 Å². The van der Waals surface area contributed by atoms with Crippen LogP contribution in [-0.2, 0) is 6.54 Å². The van der Waals surface area contributed by atoms with Gasteiger partial charge in [0.25, 0.3) is 0 Å². The van der Waals surface area contributed by atoms with Crippen molar-refractivity contribution in [1.82, 2.24) is 10.2 Å². The van der Waals surface area contributed by atoms with Crippen molar-refractivity contribution in [2.45, 2.75) is 13.5 Å². The summed E-state index contributed by atoms with van der Waals surface area (Å²) >= 11 is 0. The van der Waals surface area contributed by atoms with Crippen LogP contribution in [0.2, 0.25) is 0 Å². The largest absolute Gasteiger partial charge is 0.362 e. The van der Waals surface area contributed by atoms with Gasteiger partial charge in [0, 0.05) is 25.0 Å². The highest BCUT2D eigenvalue weighted by Gasteiger charge is 2.15. The lowest BCUT2D eigenvalue weighted by Crippen LogP contribution is -2.26. The third kappa shape index (κ3) is 3.94. The van der Waals surface area contributed by atoms with Crippen molar-refractivity contribution in [3.8, 4) is 0 Å². The van der Waals surface area contributed by atoms with Crippen LogP contribution in [0.3, 0.4) is 0 Å². The van der Waals surface area contributed by atoms with Crippen molar-refractivity contribution >= 4 is 6.72 Å². The molecular formula is C18H19F2N3. The van der Waals surface area contributed by atoms with E-state index in [1.54, 1.807) is 12.3 Å². The summed E-state index contributed by atoms with van der Waals surface area (Å²) in [5.41, 5.74) is 2.63. The van der Waals surface area contributed by atoms with Gasteiger partial charge in [-0.1, -0.05) is 25.3 Å². The molecule has 0 spiro atoms. The first-order valence-electron chi connectivity index (χ1n) is 7.09. The van der Waals surface area contributed by atoms with Crippen molar-refractivity contribution in [1.29, 1.82) is 0 Å². The lowest BCUT2D eigenvalue weighted by Gasteiger charge is -2.27. The van der Waals surface area contributed by atoms with Crippen LogP contribution in [0.4, 0.5) is 8.78 Å². The van der Waals surface area contributed by atoms with E-state index in [2.05, 4.69) is 30.2 Å². The van der Waals surface area contributed by atoms with Gasteiger partial charge >= 0.3 is 0 Å². The Labute approximate surface area is 135 Å². The number of dihydropyridines is 1. The number of hydrogen-bond acceptors (Lipinski definition) is 3. The van der Waals surface area contributed by atoms with Crippen molar-refractivity contribution in [3.05, 3.63) is 83.5 Å². The van der Waals surface area contributed by atoms with Gasteiger partial charge in [-0.25, -0.2) is 13.8 Å². The van der Waals surface area contributed by atoms with E-state index in [-0.39, 0.29) is 5.56 Å². The molecule has 3 nitrogen and oxygen atoms in total. The predicted molar refractivity (Wildman–Crippen MR) is 89.7 cm³/mol. The van der Waals surface area contributed by atoms with Gasteiger partial charge in [-0.15, -0.1) is 0 Å². The molecule has 1 N–H and O–H groups in total. The molecule has 1 aliphatic rings. The van der Waals surface area contributed by atoms with E-state index in [4.69, 9.17) is 0 Å². The minimum Gasteiger partial charge on any atom is -0.362 e. The number of benzene rings is 1. The van der Waals surface area contributed by atoms with Crippen molar-refractivity contribution in [2.75, 3.05) is 6.54 Å². The number of halogens is 2. The molecule has 0 aliphatic carbocycles. The molecule has 1 aliphatic heterocycles. The van der Waals surface area contributed by atoms with E-state index in [9.17, 15) is 8.78 Å². The molecule has 0 saturated carbocycles. The van der Waals surface area contributed by atoms with E-state index in [0.29, 0.717) is 24.5 Å². The summed E-state index contributed by atoms with van der Waals surface area (Å²) in [4.78, 5) is 5.69.